The summed E-state index contributed by atoms with van der Waals surface area (Å²) in [5.41, 5.74) is -0.735. The molecule has 0 fully saturated rings. The highest BCUT2D eigenvalue weighted by atomic mass is 35.5. The lowest BCUT2D eigenvalue weighted by atomic mass is 10.1. The highest BCUT2D eigenvalue weighted by molar-refractivity contribution is 6.33. The molecule has 0 spiro atoms. The van der Waals surface area contributed by atoms with Gasteiger partial charge in [-0.25, -0.2) is 4.79 Å². The molecule has 1 N–H and O–H groups in total. The maximum atomic E-state index is 13.0. The molecule has 1 aromatic heterocycles. The fourth-order valence-corrected chi connectivity index (χ4v) is 2.72. The van der Waals surface area contributed by atoms with Crippen LogP contribution >= 0.6 is 11.6 Å². The molecular weight excluding hydrogens is 421 g/mol. The van der Waals surface area contributed by atoms with E-state index < -0.39 is 29.7 Å². The zero-order chi connectivity index (χ0) is 21.7. The summed E-state index contributed by atoms with van der Waals surface area (Å²) in [5, 5.41) is 2.22. The van der Waals surface area contributed by atoms with Crippen LogP contribution in [0.5, 0.6) is 0 Å². The van der Waals surface area contributed by atoms with E-state index in [1.165, 1.54) is 24.5 Å². The van der Waals surface area contributed by atoms with Crippen LogP contribution in [0.4, 0.5) is 18.9 Å². The number of anilines is 1. The molecule has 0 saturated heterocycles. The number of carbonyl (C=O) groups excluding carboxylic acids is 2. The third kappa shape index (κ3) is 5.15. The van der Waals surface area contributed by atoms with E-state index in [0.29, 0.717) is 11.6 Å². The second kappa shape index (κ2) is 8.96. The lowest BCUT2D eigenvalue weighted by molar-refractivity contribution is -0.137. The minimum atomic E-state index is -4.61. The fourth-order valence-electron chi connectivity index (χ4n) is 2.56. The highest BCUT2D eigenvalue weighted by Crippen LogP contribution is 2.34. The van der Waals surface area contributed by atoms with Crippen LogP contribution in [-0.2, 0) is 15.7 Å². The average molecular weight is 435 g/mol. The Hall–Kier alpha value is -3.39. The van der Waals surface area contributed by atoms with Gasteiger partial charge in [0.2, 0.25) is 6.10 Å². The van der Waals surface area contributed by atoms with Crippen molar-refractivity contribution in [2.75, 3.05) is 5.32 Å². The number of halogens is 4. The van der Waals surface area contributed by atoms with Crippen LogP contribution in [0.1, 0.15) is 27.6 Å². The molecule has 1 amide bonds. The van der Waals surface area contributed by atoms with Crippen LogP contribution in [0.3, 0.4) is 0 Å². The lowest BCUT2D eigenvalue weighted by Crippen LogP contribution is -2.26. The van der Waals surface area contributed by atoms with Crippen molar-refractivity contribution < 1.29 is 27.5 Å². The Morgan fingerprint density at radius 2 is 1.67 bits per heavy atom. The molecule has 5 nitrogen and oxygen atoms in total. The summed E-state index contributed by atoms with van der Waals surface area (Å²) in [6, 6.07) is 13.4. The number of amides is 1. The minimum absolute atomic E-state index is 0.0939. The van der Waals surface area contributed by atoms with Gasteiger partial charge in [0.05, 0.1) is 21.8 Å². The lowest BCUT2D eigenvalue weighted by Gasteiger charge is -2.19. The first-order valence-corrected chi connectivity index (χ1v) is 8.97. The molecule has 2 aromatic carbocycles. The maximum Gasteiger partial charge on any atom is 0.416 e. The third-order valence-corrected chi connectivity index (χ3v) is 4.36. The van der Waals surface area contributed by atoms with Crippen LogP contribution < -0.4 is 5.32 Å². The van der Waals surface area contributed by atoms with Crippen molar-refractivity contribution in [3.63, 3.8) is 0 Å². The van der Waals surface area contributed by atoms with Crippen LogP contribution in [0.2, 0.25) is 5.02 Å². The van der Waals surface area contributed by atoms with Gasteiger partial charge in [-0.05, 0) is 30.3 Å². The Bertz CT molecular complexity index is 1040. The molecule has 1 heterocycles. The molecule has 1 atom stereocenters. The number of alkyl halides is 3. The monoisotopic (exact) mass is 434 g/mol. The topological polar surface area (TPSA) is 68.3 Å². The number of benzene rings is 2. The van der Waals surface area contributed by atoms with Crippen molar-refractivity contribution in [3.8, 4) is 0 Å². The second-order valence-electron chi connectivity index (χ2n) is 6.11. The third-order valence-electron chi connectivity index (χ3n) is 4.03. The average Bonchev–Trinajstić information content (AvgIpc) is 2.73. The summed E-state index contributed by atoms with van der Waals surface area (Å²) in [7, 11) is 0. The molecule has 0 aliphatic rings. The van der Waals surface area contributed by atoms with Gasteiger partial charge < -0.3 is 10.1 Å². The molecule has 154 valence electrons. The first-order valence-electron chi connectivity index (χ1n) is 8.59. The smallest absolute Gasteiger partial charge is 0.416 e. The first-order chi connectivity index (χ1) is 14.3. The molecule has 0 unspecified atom stereocenters. The molecule has 0 bridgehead atoms. The van der Waals surface area contributed by atoms with Gasteiger partial charge in [0.1, 0.15) is 0 Å². The Balaban J connectivity index is 1.89. The van der Waals surface area contributed by atoms with E-state index in [1.54, 1.807) is 30.3 Å². The molecule has 30 heavy (non-hydrogen) atoms. The van der Waals surface area contributed by atoms with Crippen molar-refractivity contribution in [1.82, 2.24) is 4.98 Å². The minimum Gasteiger partial charge on any atom is -0.444 e. The van der Waals surface area contributed by atoms with Crippen LogP contribution in [0.15, 0.2) is 73.1 Å². The zero-order valence-electron chi connectivity index (χ0n) is 15.2. The number of nitrogens with zero attached hydrogens (tertiary/aromatic N) is 1. The molecule has 3 aromatic rings. The summed E-state index contributed by atoms with van der Waals surface area (Å²) < 4.78 is 44.3. The van der Waals surface area contributed by atoms with E-state index in [2.05, 4.69) is 10.3 Å². The van der Waals surface area contributed by atoms with Gasteiger partial charge in [-0.15, -0.1) is 0 Å². The Morgan fingerprint density at radius 3 is 2.30 bits per heavy atom. The van der Waals surface area contributed by atoms with Crippen LogP contribution in [-0.4, -0.2) is 16.9 Å². The van der Waals surface area contributed by atoms with Gasteiger partial charge in [-0.1, -0.05) is 41.9 Å². The number of carbonyl (C=O) groups is 2. The van der Waals surface area contributed by atoms with Gasteiger partial charge in [-0.3, -0.25) is 9.78 Å². The van der Waals surface area contributed by atoms with Crippen molar-refractivity contribution in [2.24, 2.45) is 0 Å². The fraction of sp³-hybridized carbons (Fsp3) is 0.0952. The summed E-state index contributed by atoms with van der Waals surface area (Å²) in [5.74, 6) is -1.65. The number of hydrogen-bond donors (Lipinski definition) is 1. The van der Waals surface area contributed by atoms with Crippen molar-refractivity contribution in [3.05, 3.63) is 94.8 Å². The molecule has 0 aliphatic heterocycles. The number of pyridine rings is 1. The van der Waals surface area contributed by atoms with Gasteiger partial charge in [-0.2, -0.15) is 13.2 Å². The van der Waals surface area contributed by atoms with E-state index in [-0.39, 0.29) is 16.3 Å². The van der Waals surface area contributed by atoms with E-state index in [1.807, 2.05) is 0 Å². The summed E-state index contributed by atoms with van der Waals surface area (Å²) >= 11 is 5.95. The number of nitrogens with one attached hydrogen (secondary N) is 1. The molecule has 0 radical (unpaired) electrons. The molecule has 3 rings (SSSR count). The Morgan fingerprint density at radius 1 is 1.00 bits per heavy atom. The quantitative estimate of drug-likeness (QED) is 0.554. The number of esters is 1. The first kappa shape index (κ1) is 21.3. The van der Waals surface area contributed by atoms with Gasteiger partial charge >= 0.3 is 12.1 Å². The van der Waals surface area contributed by atoms with Crippen LogP contribution in [0.25, 0.3) is 0 Å². The zero-order valence-corrected chi connectivity index (χ0v) is 15.9. The number of aromatic nitrogens is 1. The molecule has 0 saturated carbocycles. The highest BCUT2D eigenvalue weighted by Gasteiger charge is 2.32. The SMILES string of the molecule is O=C(O[C@H](C(=O)Nc1cc(C(F)(F)F)ccc1Cl)c1ccccc1)c1ccncc1. The standard InChI is InChI=1S/C21H14ClF3N2O3/c22-16-7-6-15(21(23,24)25)12-17(16)27-19(28)18(13-4-2-1-3-5-13)30-20(29)14-8-10-26-11-9-14/h1-12,18H,(H,27,28)/t18-/m0/s1. The maximum absolute atomic E-state index is 13.0. The van der Waals surface area contributed by atoms with Crippen molar-refractivity contribution in [1.29, 1.82) is 0 Å². The normalized spacial score (nSPS) is 12.1. The number of ether oxygens (including phenoxy) is 1. The van der Waals surface area contributed by atoms with E-state index in [4.69, 9.17) is 16.3 Å². The molecular formula is C21H14ClF3N2O3. The van der Waals surface area contributed by atoms with Gasteiger partial charge in [0, 0.05) is 18.0 Å². The van der Waals surface area contributed by atoms with Crippen molar-refractivity contribution >= 4 is 29.2 Å². The predicted molar refractivity (Wildman–Crippen MR) is 104 cm³/mol. The van der Waals surface area contributed by atoms with E-state index >= 15 is 0 Å². The van der Waals surface area contributed by atoms with Crippen LogP contribution in [0, 0.1) is 0 Å². The second-order valence-corrected chi connectivity index (χ2v) is 6.52. The summed E-state index contributed by atoms with van der Waals surface area (Å²) in [6.45, 7) is 0. The van der Waals surface area contributed by atoms with Crippen molar-refractivity contribution in [2.45, 2.75) is 12.3 Å². The van der Waals surface area contributed by atoms with E-state index in [9.17, 15) is 22.8 Å². The molecule has 9 heteroatoms. The Labute approximate surface area is 174 Å². The summed E-state index contributed by atoms with van der Waals surface area (Å²) in [4.78, 5) is 29.1. The predicted octanol–water partition coefficient (Wildman–Crippen LogP) is 5.29. The van der Waals surface area contributed by atoms with Gasteiger partial charge in [0.15, 0.2) is 0 Å². The summed E-state index contributed by atoms with van der Waals surface area (Å²) in [6.07, 6.45) is -3.26. The largest absolute Gasteiger partial charge is 0.444 e. The number of rotatable bonds is 5. The van der Waals surface area contributed by atoms with E-state index in [0.717, 1.165) is 12.1 Å². The van der Waals surface area contributed by atoms with Gasteiger partial charge in [0.25, 0.3) is 5.91 Å². The number of hydrogen-bond acceptors (Lipinski definition) is 4. The molecule has 0 aliphatic carbocycles. The Kier molecular flexibility index (Phi) is 6.37.